The first kappa shape index (κ1) is 16.4. The van der Waals surface area contributed by atoms with Crippen molar-refractivity contribution >= 4 is 46.3 Å². The molecule has 0 fully saturated rings. The number of nitriles is 1. The summed E-state index contributed by atoms with van der Waals surface area (Å²) >= 11 is 15.1. The topological polar surface area (TPSA) is 36.7 Å². The van der Waals surface area contributed by atoms with Crippen molar-refractivity contribution in [2.24, 2.45) is 0 Å². The molecule has 3 rings (SSSR count). The van der Waals surface area contributed by atoms with Crippen LogP contribution in [0.15, 0.2) is 52.9 Å². The Balaban J connectivity index is 1.85. The summed E-state index contributed by atoms with van der Waals surface area (Å²) in [6.45, 7) is 0. The number of halogens is 2. The molecule has 23 heavy (non-hydrogen) atoms. The predicted octanol–water partition coefficient (Wildman–Crippen LogP) is 6.28. The number of nitrogens with zero attached hydrogens (tertiary/aromatic N) is 2. The third-order valence-electron chi connectivity index (χ3n) is 3.11. The molecule has 0 unspecified atom stereocenters. The second kappa shape index (κ2) is 7.37. The van der Waals surface area contributed by atoms with Crippen molar-refractivity contribution < 1.29 is 0 Å². The summed E-state index contributed by atoms with van der Waals surface area (Å²) in [5, 5.41) is 13.1. The molecule has 0 atom stereocenters. The Morgan fingerprint density at radius 2 is 2.00 bits per heavy atom. The van der Waals surface area contributed by atoms with Crippen molar-refractivity contribution in [1.29, 1.82) is 5.26 Å². The SMILES string of the molecule is N#Cc1ccc(-c2cccs2)nc1SCc1ccc(Cl)c(Cl)c1. The van der Waals surface area contributed by atoms with Gasteiger partial charge in [-0.2, -0.15) is 5.26 Å². The molecule has 2 nitrogen and oxygen atoms in total. The Kier molecular flexibility index (Phi) is 5.24. The zero-order valence-electron chi connectivity index (χ0n) is 11.8. The number of thiophene rings is 1. The minimum atomic E-state index is 0.533. The number of hydrogen-bond donors (Lipinski definition) is 0. The highest BCUT2D eigenvalue weighted by atomic mass is 35.5. The average Bonchev–Trinajstić information content (AvgIpc) is 3.10. The Bertz CT molecular complexity index is 871. The van der Waals surface area contributed by atoms with Gasteiger partial charge in [-0.05, 0) is 41.3 Å². The van der Waals surface area contributed by atoms with Crippen molar-refractivity contribution in [3.05, 3.63) is 69.0 Å². The number of hydrogen-bond acceptors (Lipinski definition) is 4. The molecule has 3 aromatic rings. The summed E-state index contributed by atoms with van der Waals surface area (Å²) < 4.78 is 0. The van der Waals surface area contributed by atoms with E-state index in [1.54, 1.807) is 17.4 Å². The second-order valence-electron chi connectivity index (χ2n) is 4.68. The van der Waals surface area contributed by atoms with Crippen LogP contribution in [0.2, 0.25) is 10.0 Å². The van der Waals surface area contributed by atoms with E-state index >= 15 is 0 Å². The maximum Gasteiger partial charge on any atom is 0.115 e. The normalized spacial score (nSPS) is 10.5. The van der Waals surface area contributed by atoms with Crippen LogP contribution in [0.5, 0.6) is 0 Å². The average molecular weight is 377 g/mol. The van der Waals surface area contributed by atoms with E-state index < -0.39 is 0 Å². The summed E-state index contributed by atoms with van der Waals surface area (Å²) in [5.41, 5.74) is 2.50. The highest BCUT2D eigenvalue weighted by Crippen LogP contribution is 2.31. The van der Waals surface area contributed by atoms with E-state index in [1.165, 1.54) is 11.8 Å². The molecule has 0 amide bonds. The number of rotatable bonds is 4. The Morgan fingerprint density at radius 1 is 1.13 bits per heavy atom. The van der Waals surface area contributed by atoms with Gasteiger partial charge in [0.1, 0.15) is 11.1 Å². The second-order valence-corrected chi connectivity index (χ2v) is 7.40. The molecule has 0 radical (unpaired) electrons. The molecule has 0 aliphatic rings. The zero-order chi connectivity index (χ0) is 16.2. The van der Waals surface area contributed by atoms with Gasteiger partial charge in [-0.25, -0.2) is 4.98 Å². The molecule has 1 aromatic carbocycles. The van der Waals surface area contributed by atoms with E-state index in [0.717, 1.165) is 21.2 Å². The van der Waals surface area contributed by atoms with Gasteiger partial charge in [-0.1, -0.05) is 35.3 Å². The summed E-state index contributed by atoms with van der Waals surface area (Å²) in [4.78, 5) is 5.72. The third-order valence-corrected chi connectivity index (χ3v) is 5.81. The molecule has 2 heterocycles. The molecule has 0 aliphatic heterocycles. The Labute approximate surface area is 152 Å². The van der Waals surface area contributed by atoms with Gasteiger partial charge in [0.2, 0.25) is 0 Å². The maximum absolute atomic E-state index is 9.28. The van der Waals surface area contributed by atoms with Crippen molar-refractivity contribution in [3.8, 4) is 16.6 Å². The highest BCUT2D eigenvalue weighted by Gasteiger charge is 2.09. The Hall–Kier alpha value is -1.51. The van der Waals surface area contributed by atoms with E-state index in [9.17, 15) is 5.26 Å². The number of benzene rings is 1. The quantitative estimate of drug-likeness (QED) is 0.502. The van der Waals surface area contributed by atoms with E-state index in [0.29, 0.717) is 21.4 Å². The molecular weight excluding hydrogens is 367 g/mol. The van der Waals surface area contributed by atoms with Crippen LogP contribution < -0.4 is 0 Å². The lowest BCUT2D eigenvalue weighted by Crippen LogP contribution is -1.91. The fraction of sp³-hybridized carbons (Fsp3) is 0.0588. The van der Waals surface area contributed by atoms with Gasteiger partial charge in [-0.15, -0.1) is 23.1 Å². The van der Waals surface area contributed by atoms with Crippen LogP contribution in [-0.4, -0.2) is 4.98 Å². The molecule has 0 saturated heterocycles. The van der Waals surface area contributed by atoms with Gasteiger partial charge in [0, 0.05) is 5.75 Å². The first-order valence-electron chi connectivity index (χ1n) is 6.69. The van der Waals surface area contributed by atoms with Crippen LogP contribution in [0.25, 0.3) is 10.6 Å². The summed E-state index contributed by atoms with van der Waals surface area (Å²) in [6.07, 6.45) is 0. The van der Waals surface area contributed by atoms with E-state index in [2.05, 4.69) is 11.1 Å². The van der Waals surface area contributed by atoms with Crippen molar-refractivity contribution in [3.63, 3.8) is 0 Å². The van der Waals surface area contributed by atoms with Gasteiger partial charge in [0.25, 0.3) is 0 Å². The van der Waals surface area contributed by atoms with E-state index in [1.807, 2.05) is 41.8 Å². The number of thioether (sulfide) groups is 1. The van der Waals surface area contributed by atoms with Crippen LogP contribution in [0.1, 0.15) is 11.1 Å². The summed E-state index contributed by atoms with van der Waals surface area (Å²) in [6, 6.07) is 15.5. The van der Waals surface area contributed by atoms with Crippen molar-refractivity contribution in [2.45, 2.75) is 10.8 Å². The van der Waals surface area contributed by atoms with E-state index in [-0.39, 0.29) is 0 Å². The smallest absolute Gasteiger partial charge is 0.115 e. The minimum absolute atomic E-state index is 0.533. The lowest BCUT2D eigenvalue weighted by atomic mass is 10.2. The molecule has 6 heteroatoms. The van der Waals surface area contributed by atoms with Gasteiger partial charge in [-0.3, -0.25) is 0 Å². The van der Waals surface area contributed by atoms with Gasteiger partial charge >= 0.3 is 0 Å². The van der Waals surface area contributed by atoms with Crippen molar-refractivity contribution in [2.75, 3.05) is 0 Å². The molecule has 0 bridgehead atoms. The molecular formula is C17H10Cl2N2S2. The molecule has 0 aliphatic carbocycles. The van der Waals surface area contributed by atoms with Crippen molar-refractivity contribution in [1.82, 2.24) is 4.98 Å². The van der Waals surface area contributed by atoms with Crippen LogP contribution in [0.4, 0.5) is 0 Å². The van der Waals surface area contributed by atoms with Crippen LogP contribution >= 0.6 is 46.3 Å². The standard InChI is InChI=1S/C17H10Cl2N2S2/c18-13-5-3-11(8-14(13)19)10-23-17-12(9-20)4-6-15(21-17)16-2-1-7-22-16/h1-8H,10H2. The van der Waals surface area contributed by atoms with E-state index in [4.69, 9.17) is 23.2 Å². The first-order valence-corrected chi connectivity index (χ1v) is 9.31. The lowest BCUT2D eigenvalue weighted by molar-refractivity contribution is 1.12. The maximum atomic E-state index is 9.28. The van der Waals surface area contributed by atoms with Gasteiger partial charge in [0.05, 0.1) is 26.2 Å². The predicted molar refractivity (Wildman–Crippen MR) is 98.3 cm³/mol. The largest absolute Gasteiger partial charge is 0.239 e. The summed E-state index contributed by atoms with van der Waals surface area (Å²) in [7, 11) is 0. The number of aromatic nitrogens is 1. The Morgan fingerprint density at radius 3 is 2.70 bits per heavy atom. The fourth-order valence-corrected chi connectivity index (χ4v) is 3.91. The van der Waals surface area contributed by atoms with Gasteiger partial charge in [0.15, 0.2) is 0 Å². The number of pyridine rings is 1. The minimum Gasteiger partial charge on any atom is -0.239 e. The fourth-order valence-electron chi connectivity index (χ4n) is 1.98. The molecule has 0 N–H and O–H groups in total. The van der Waals surface area contributed by atoms with Crippen LogP contribution in [0.3, 0.4) is 0 Å². The monoisotopic (exact) mass is 376 g/mol. The molecule has 0 spiro atoms. The van der Waals surface area contributed by atoms with Gasteiger partial charge < -0.3 is 0 Å². The first-order chi connectivity index (χ1) is 11.2. The van der Waals surface area contributed by atoms with Crippen LogP contribution in [-0.2, 0) is 5.75 Å². The molecule has 2 aromatic heterocycles. The zero-order valence-corrected chi connectivity index (χ0v) is 14.9. The molecule has 114 valence electrons. The third kappa shape index (κ3) is 3.88. The highest BCUT2D eigenvalue weighted by molar-refractivity contribution is 7.98. The van der Waals surface area contributed by atoms with Crippen LogP contribution in [0, 0.1) is 11.3 Å². The lowest BCUT2D eigenvalue weighted by Gasteiger charge is -2.06. The molecule has 0 saturated carbocycles. The summed E-state index contributed by atoms with van der Waals surface area (Å²) in [5.74, 6) is 0.673.